The monoisotopic (exact) mass is 205 g/mol. The van der Waals surface area contributed by atoms with E-state index in [1.165, 1.54) is 6.33 Å². The van der Waals surface area contributed by atoms with Gasteiger partial charge in [-0.25, -0.2) is 15.8 Å². The molecular formula is C8H11N7. The van der Waals surface area contributed by atoms with E-state index in [4.69, 9.17) is 5.84 Å². The van der Waals surface area contributed by atoms with Gasteiger partial charge in [-0.05, 0) is 0 Å². The molecule has 0 unspecified atom stereocenters. The third-order valence-electron chi connectivity index (χ3n) is 1.79. The van der Waals surface area contributed by atoms with Crippen LogP contribution in [0.5, 0.6) is 0 Å². The lowest BCUT2D eigenvalue weighted by Crippen LogP contribution is -2.09. The number of anilines is 3. The lowest BCUT2D eigenvalue weighted by Gasteiger charge is -2.03. The van der Waals surface area contributed by atoms with Gasteiger partial charge < -0.3 is 10.7 Å². The first kappa shape index (κ1) is 9.41. The number of hydrazine groups is 1. The topological polar surface area (TPSA) is 93.7 Å². The molecule has 0 aliphatic carbocycles. The average Bonchev–Trinajstić information content (AvgIpc) is 2.64. The Labute approximate surface area is 86.3 Å². The standard InChI is InChI=1S/C8H11N7/c1-15-4-6(3-12-15)13-7-2-8(14-9)11-5-10-7/h2-5H,9H2,1H3,(H2,10,11,13,14). The predicted octanol–water partition coefficient (Wildman–Crippen LogP) is 0.239. The maximum Gasteiger partial charge on any atom is 0.145 e. The Morgan fingerprint density at radius 3 is 2.80 bits per heavy atom. The Hall–Kier alpha value is -2.15. The highest BCUT2D eigenvalue weighted by Gasteiger charge is 1.99. The van der Waals surface area contributed by atoms with E-state index < -0.39 is 0 Å². The minimum absolute atomic E-state index is 0.552. The summed E-state index contributed by atoms with van der Waals surface area (Å²) in [6.45, 7) is 0. The molecule has 0 atom stereocenters. The van der Waals surface area contributed by atoms with E-state index in [1.54, 1.807) is 16.9 Å². The molecule has 0 spiro atoms. The molecule has 2 rings (SSSR count). The van der Waals surface area contributed by atoms with Gasteiger partial charge in [0.25, 0.3) is 0 Å². The molecule has 0 aromatic carbocycles. The Balaban J connectivity index is 2.16. The summed E-state index contributed by atoms with van der Waals surface area (Å²) in [5.41, 5.74) is 3.31. The lowest BCUT2D eigenvalue weighted by molar-refractivity contribution is 0.768. The minimum Gasteiger partial charge on any atom is -0.338 e. The molecule has 0 saturated heterocycles. The van der Waals surface area contributed by atoms with Gasteiger partial charge in [-0.1, -0.05) is 0 Å². The molecule has 0 amide bonds. The van der Waals surface area contributed by atoms with Crippen molar-refractivity contribution < 1.29 is 0 Å². The molecule has 78 valence electrons. The van der Waals surface area contributed by atoms with Crippen molar-refractivity contribution in [1.82, 2.24) is 19.7 Å². The van der Waals surface area contributed by atoms with Crippen molar-refractivity contribution in [2.45, 2.75) is 0 Å². The predicted molar refractivity (Wildman–Crippen MR) is 56.3 cm³/mol. The Bertz CT molecular complexity index is 450. The van der Waals surface area contributed by atoms with E-state index >= 15 is 0 Å². The summed E-state index contributed by atoms with van der Waals surface area (Å²) in [5.74, 6) is 6.44. The highest BCUT2D eigenvalue weighted by Crippen LogP contribution is 2.14. The van der Waals surface area contributed by atoms with E-state index in [0.717, 1.165) is 5.69 Å². The molecule has 0 fully saturated rings. The first-order valence-corrected chi connectivity index (χ1v) is 4.32. The van der Waals surface area contributed by atoms with Crippen LogP contribution in [0.2, 0.25) is 0 Å². The van der Waals surface area contributed by atoms with E-state index in [0.29, 0.717) is 11.6 Å². The third-order valence-corrected chi connectivity index (χ3v) is 1.79. The molecular weight excluding hydrogens is 194 g/mol. The molecule has 2 aromatic heterocycles. The molecule has 0 aliphatic rings. The third kappa shape index (κ3) is 2.20. The Kier molecular flexibility index (Phi) is 2.46. The molecule has 0 aliphatic heterocycles. The summed E-state index contributed by atoms with van der Waals surface area (Å²) in [7, 11) is 1.85. The number of hydrogen-bond donors (Lipinski definition) is 3. The molecule has 7 nitrogen and oxygen atoms in total. The quantitative estimate of drug-likeness (QED) is 0.491. The number of hydrogen-bond acceptors (Lipinski definition) is 6. The number of nitrogens with zero attached hydrogens (tertiary/aromatic N) is 4. The summed E-state index contributed by atoms with van der Waals surface area (Å²) in [4.78, 5) is 7.93. The largest absolute Gasteiger partial charge is 0.338 e. The van der Waals surface area contributed by atoms with Crippen LogP contribution in [0.15, 0.2) is 24.8 Å². The molecule has 0 saturated carbocycles. The fourth-order valence-corrected chi connectivity index (χ4v) is 1.14. The van der Waals surface area contributed by atoms with Crippen LogP contribution >= 0.6 is 0 Å². The van der Waals surface area contributed by atoms with Crippen molar-refractivity contribution in [3.8, 4) is 0 Å². The summed E-state index contributed by atoms with van der Waals surface area (Å²) in [5, 5.41) is 7.10. The molecule has 2 heterocycles. The van der Waals surface area contributed by atoms with Gasteiger partial charge in [0.15, 0.2) is 0 Å². The smallest absolute Gasteiger partial charge is 0.145 e. The van der Waals surface area contributed by atoms with Crippen molar-refractivity contribution in [1.29, 1.82) is 0 Å². The maximum absolute atomic E-state index is 5.23. The molecule has 7 heteroatoms. The highest BCUT2D eigenvalue weighted by atomic mass is 15.3. The van der Waals surface area contributed by atoms with Crippen molar-refractivity contribution in [2.75, 3.05) is 10.7 Å². The van der Waals surface area contributed by atoms with Crippen LogP contribution in [0.4, 0.5) is 17.3 Å². The molecule has 4 N–H and O–H groups in total. The Morgan fingerprint density at radius 1 is 1.33 bits per heavy atom. The van der Waals surface area contributed by atoms with Gasteiger partial charge in [0.2, 0.25) is 0 Å². The van der Waals surface area contributed by atoms with E-state index in [2.05, 4.69) is 25.8 Å². The Morgan fingerprint density at radius 2 is 2.13 bits per heavy atom. The van der Waals surface area contributed by atoms with Crippen LogP contribution in [0, 0.1) is 0 Å². The van der Waals surface area contributed by atoms with Gasteiger partial charge in [0.05, 0.1) is 11.9 Å². The molecule has 15 heavy (non-hydrogen) atoms. The summed E-state index contributed by atoms with van der Waals surface area (Å²) < 4.78 is 1.70. The number of rotatable bonds is 3. The first-order valence-electron chi connectivity index (χ1n) is 4.32. The number of aryl methyl sites for hydroxylation is 1. The number of nitrogens with one attached hydrogen (secondary N) is 2. The van der Waals surface area contributed by atoms with Crippen LogP contribution in [0.1, 0.15) is 0 Å². The van der Waals surface area contributed by atoms with E-state index in [9.17, 15) is 0 Å². The van der Waals surface area contributed by atoms with Crippen molar-refractivity contribution >= 4 is 17.3 Å². The van der Waals surface area contributed by atoms with Gasteiger partial charge in [0.1, 0.15) is 18.0 Å². The number of aromatic nitrogens is 4. The fourth-order valence-electron chi connectivity index (χ4n) is 1.14. The van der Waals surface area contributed by atoms with Crippen LogP contribution in [0.25, 0.3) is 0 Å². The van der Waals surface area contributed by atoms with Crippen LogP contribution in [-0.4, -0.2) is 19.7 Å². The van der Waals surface area contributed by atoms with Crippen molar-refractivity contribution in [2.24, 2.45) is 12.9 Å². The first-order chi connectivity index (χ1) is 7.28. The second kappa shape index (κ2) is 3.93. The van der Waals surface area contributed by atoms with E-state index in [-0.39, 0.29) is 0 Å². The average molecular weight is 205 g/mol. The minimum atomic E-state index is 0.552. The van der Waals surface area contributed by atoms with Crippen molar-refractivity contribution in [3.05, 3.63) is 24.8 Å². The molecule has 0 radical (unpaired) electrons. The van der Waals surface area contributed by atoms with Gasteiger partial charge in [0, 0.05) is 19.3 Å². The number of nitrogens with two attached hydrogens (primary N) is 1. The van der Waals surface area contributed by atoms with Gasteiger partial charge in [-0.15, -0.1) is 0 Å². The summed E-state index contributed by atoms with van der Waals surface area (Å²) in [6.07, 6.45) is 4.98. The lowest BCUT2D eigenvalue weighted by atomic mass is 10.5. The zero-order valence-corrected chi connectivity index (χ0v) is 8.18. The van der Waals surface area contributed by atoms with Gasteiger partial charge in [-0.3, -0.25) is 4.68 Å². The summed E-state index contributed by atoms with van der Waals surface area (Å²) in [6, 6.07) is 1.70. The fraction of sp³-hybridized carbons (Fsp3) is 0.125. The zero-order valence-electron chi connectivity index (χ0n) is 8.18. The molecule has 0 bridgehead atoms. The summed E-state index contributed by atoms with van der Waals surface area (Å²) >= 11 is 0. The van der Waals surface area contributed by atoms with Crippen LogP contribution in [0.3, 0.4) is 0 Å². The number of nitrogen functional groups attached to an aromatic ring is 1. The van der Waals surface area contributed by atoms with Crippen LogP contribution < -0.4 is 16.6 Å². The molecule has 2 aromatic rings. The second-order valence-corrected chi connectivity index (χ2v) is 2.96. The van der Waals surface area contributed by atoms with Gasteiger partial charge >= 0.3 is 0 Å². The van der Waals surface area contributed by atoms with E-state index in [1.807, 2.05) is 13.2 Å². The zero-order chi connectivity index (χ0) is 10.7. The van der Waals surface area contributed by atoms with Gasteiger partial charge in [-0.2, -0.15) is 5.10 Å². The second-order valence-electron chi connectivity index (χ2n) is 2.96. The highest BCUT2D eigenvalue weighted by molar-refractivity contribution is 5.56. The van der Waals surface area contributed by atoms with Crippen LogP contribution in [-0.2, 0) is 7.05 Å². The SMILES string of the molecule is Cn1cc(Nc2cc(NN)ncn2)cn1. The van der Waals surface area contributed by atoms with Crippen molar-refractivity contribution in [3.63, 3.8) is 0 Å². The normalized spacial score (nSPS) is 10.0. The maximum atomic E-state index is 5.23.